The van der Waals surface area contributed by atoms with Crippen LogP contribution >= 0.6 is 22.7 Å². The fraction of sp³-hybridized carbons (Fsp3) is 0.333. The van der Waals surface area contributed by atoms with Crippen LogP contribution in [0.5, 0.6) is 0 Å². The van der Waals surface area contributed by atoms with Gasteiger partial charge in [-0.15, -0.1) is 0 Å². The molecule has 1 atom stereocenters. The number of carbonyl (C=O) groups is 1. The number of nitrogens with zero attached hydrogens (tertiary/aromatic N) is 1. The van der Waals surface area contributed by atoms with E-state index in [9.17, 15) is 4.79 Å². The molecule has 0 aliphatic heterocycles. The third kappa shape index (κ3) is 2.70. The molecule has 2 aromatic heterocycles. The highest BCUT2D eigenvalue weighted by Gasteiger charge is 2.16. The van der Waals surface area contributed by atoms with Gasteiger partial charge in [0, 0.05) is 0 Å². The van der Waals surface area contributed by atoms with Crippen LogP contribution in [0.4, 0.5) is 5.13 Å². The van der Waals surface area contributed by atoms with E-state index in [2.05, 4.69) is 28.7 Å². The summed E-state index contributed by atoms with van der Waals surface area (Å²) >= 11 is 2.99. The molecule has 2 aromatic rings. The molecule has 0 fully saturated rings. The first-order chi connectivity index (χ1) is 8.61. The summed E-state index contributed by atoms with van der Waals surface area (Å²) in [6, 6.07) is 2.25. The number of thiophene rings is 1. The van der Waals surface area contributed by atoms with Crippen molar-refractivity contribution < 1.29 is 9.53 Å². The minimum absolute atomic E-state index is 0.173. The van der Waals surface area contributed by atoms with Crippen molar-refractivity contribution in [1.29, 1.82) is 0 Å². The number of nitrogens with one attached hydrogen (secondary N) is 1. The monoisotopic (exact) mass is 282 g/mol. The van der Waals surface area contributed by atoms with E-state index in [1.54, 1.807) is 11.3 Å². The Labute approximate surface area is 114 Å². The minimum atomic E-state index is -0.332. The van der Waals surface area contributed by atoms with Crippen LogP contribution in [0.2, 0.25) is 0 Å². The zero-order chi connectivity index (χ0) is 13.1. The van der Waals surface area contributed by atoms with Crippen molar-refractivity contribution >= 4 is 33.8 Å². The highest BCUT2D eigenvalue weighted by molar-refractivity contribution is 7.17. The van der Waals surface area contributed by atoms with Crippen LogP contribution < -0.4 is 5.32 Å². The van der Waals surface area contributed by atoms with Crippen LogP contribution in [-0.4, -0.2) is 18.1 Å². The summed E-state index contributed by atoms with van der Waals surface area (Å²) in [5.74, 6) is -0.332. The maximum absolute atomic E-state index is 11.5. The van der Waals surface area contributed by atoms with Gasteiger partial charge in [-0.25, -0.2) is 9.78 Å². The van der Waals surface area contributed by atoms with Crippen molar-refractivity contribution in [2.24, 2.45) is 0 Å². The van der Waals surface area contributed by atoms with Crippen LogP contribution in [0, 0.1) is 6.92 Å². The molecule has 18 heavy (non-hydrogen) atoms. The van der Waals surface area contributed by atoms with E-state index in [1.165, 1.54) is 24.0 Å². The third-order valence-electron chi connectivity index (χ3n) is 2.55. The molecule has 1 N–H and O–H groups in total. The molecule has 2 rings (SSSR count). The molecule has 6 heteroatoms. The van der Waals surface area contributed by atoms with E-state index >= 15 is 0 Å². The van der Waals surface area contributed by atoms with Crippen LogP contribution in [0.3, 0.4) is 0 Å². The molecule has 0 saturated carbocycles. The Kier molecular flexibility index (Phi) is 3.98. The van der Waals surface area contributed by atoms with Crippen LogP contribution in [0.1, 0.15) is 33.9 Å². The molecule has 96 valence electrons. The van der Waals surface area contributed by atoms with Gasteiger partial charge in [-0.3, -0.25) is 0 Å². The van der Waals surface area contributed by atoms with E-state index < -0.39 is 0 Å². The number of carbonyl (C=O) groups excluding carboxylic acids is 1. The Bertz CT molecular complexity index is 534. The van der Waals surface area contributed by atoms with Crippen molar-refractivity contribution in [1.82, 2.24) is 4.98 Å². The average molecular weight is 282 g/mol. The molecule has 1 unspecified atom stereocenters. The topological polar surface area (TPSA) is 51.2 Å². The summed E-state index contributed by atoms with van der Waals surface area (Å²) < 4.78 is 4.71. The lowest BCUT2D eigenvalue weighted by Crippen LogP contribution is -2.04. The Balaban J connectivity index is 2.13. The number of aryl methyl sites for hydroxylation is 1. The summed E-state index contributed by atoms with van der Waals surface area (Å²) in [7, 11) is 1.38. The second-order valence-corrected chi connectivity index (χ2v) is 5.63. The van der Waals surface area contributed by atoms with Crippen LogP contribution in [0.25, 0.3) is 0 Å². The summed E-state index contributed by atoms with van der Waals surface area (Å²) in [5, 5.41) is 8.17. The van der Waals surface area contributed by atoms with Crippen LogP contribution in [-0.2, 0) is 4.74 Å². The van der Waals surface area contributed by atoms with Crippen molar-refractivity contribution in [3.8, 4) is 0 Å². The van der Waals surface area contributed by atoms with Crippen molar-refractivity contribution in [3.05, 3.63) is 33.0 Å². The number of ether oxygens (including phenoxy) is 1. The summed E-state index contributed by atoms with van der Waals surface area (Å²) in [4.78, 5) is 16.4. The average Bonchev–Trinajstić information content (AvgIpc) is 2.97. The van der Waals surface area contributed by atoms with Gasteiger partial charge in [-0.2, -0.15) is 11.3 Å². The van der Waals surface area contributed by atoms with E-state index in [0.717, 1.165) is 5.13 Å². The standard InChI is InChI=1S/C12H14N2O2S2/c1-7(9-4-5-17-6-9)13-12-14-8(2)10(18-12)11(15)16-3/h4-7H,1-3H3,(H,13,14). The molecule has 4 nitrogen and oxygen atoms in total. The fourth-order valence-corrected chi connectivity index (χ4v) is 3.26. The molecular formula is C12H14N2O2S2. The van der Waals surface area contributed by atoms with E-state index in [4.69, 9.17) is 4.74 Å². The Morgan fingerprint density at radius 2 is 2.33 bits per heavy atom. The number of methoxy groups -OCH3 is 1. The van der Waals surface area contributed by atoms with Crippen LogP contribution in [0.15, 0.2) is 16.8 Å². The normalized spacial score (nSPS) is 12.2. The second-order valence-electron chi connectivity index (χ2n) is 3.85. The highest BCUT2D eigenvalue weighted by atomic mass is 32.1. The van der Waals surface area contributed by atoms with Gasteiger partial charge >= 0.3 is 5.97 Å². The van der Waals surface area contributed by atoms with Crippen molar-refractivity contribution in [2.75, 3.05) is 12.4 Å². The fourth-order valence-electron chi connectivity index (χ4n) is 1.53. The SMILES string of the molecule is COC(=O)c1sc(NC(C)c2ccsc2)nc1C. The van der Waals surface area contributed by atoms with Gasteiger partial charge in [0.2, 0.25) is 0 Å². The molecule has 0 amide bonds. The molecule has 0 saturated heterocycles. The van der Waals surface area contributed by atoms with Crippen molar-refractivity contribution in [2.45, 2.75) is 19.9 Å². The lowest BCUT2D eigenvalue weighted by atomic mass is 10.2. The highest BCUT2D eigenvalue weighted by Crippen LogP contribution is 2.27. The van der Waals surface area contributed by atoms with Gasteiger partial charge in [0.1, 0.15) is 4.88 Å². The molecule has 0 aromatic carbocycles. The maximum Gasteiger partial charge on any atom is 0.350 e. The number of anilines is 1. The number of rotatable bonds is 4. The number of esters is 1. The van der Waals surface area contributed by atoms with Gasteiger partial charge in [0.05, 0.1) is 18.8 Å². The predicted octanol–water partition coefficient (Wildman–Crippen LogP) is 3.47. The Morgan fingerprint density at radius 3 is 2.94 bits per heavy atom. The minimum Gasteiger partial charge on any atom is -0.465 e. The van der Waals surface area contributed by atoms with Gasteiger partial charge in [-0.1, -0.05) is 11.3 Å². The molecule has 0 bridgehead atoms. The largest absolute Gasteiger partial charge is 0.465 e. The quantitative estimate of drug-likeness (QED) is 0.872. The third-order valence-corrected chi connectivity index (χ3v) is 4.32. The molecule has 0 aliphatic carbocycles. The summed E-state index contributed by atoms with van der Waals surface area (Å²) in [6.07, 6.45) is 0. The number of hydrogen-bond acceptors (Lipinski definition) is 6. The smallest absolute Gasteiger partial charge is 0.350 e. The van der Waals surface area contributed by atoms with Gasteiger partial charge in [0.15, 0.2) is 5.13 Å². The Hall–Kier alpha value is -1.40. The molecule has 2 heterocycles. The molecule has 0 radical (unpaired) electrons. The number of aromatic nitrogens is 1. The van der Waals surface area contributed by atoms with Gasteiger partial charge in [0.25, 0.3) is 0 Å². The summed E-state index contributed by atoms with van der Waals surface area (Å²) in [6.45, 7) is 3.87. The van der Waals surface area contributed by atoms with Gasteiger partial charge < -0.3 is 10.1 Å². The summed E-state index contributed by atoms with van der Waals surface area (Å²) in [5.41, 5.74) is 1.92. The van der Waals surface area contributed by atoms with Crippen molar-refractivity contribution in [3.63, 3.8) is 0 Å². The maximum atomic E-state index is 11.5. The van der Waals surface area contributed by atoms with E-state index in [0.29, 0.717) is 10.6 Å². The second kappa shape index (κ2) is 5.49. The lowest BCUT2D eigenvalue weighted by molar-refractivity contribution is 0.0605. The first-order valence-corrected chi connectivity index (χ1v) is 7.22. The molecular weight excluding hydrogens is 268 g/mol. The first kappa shape index (κ1) is 13.0. The first-order valence-electron chi connectivity index (χ1n) is 5.46. The zero-order valence-corrected chi connectivity index (χ0v) is 12.0. The molecule has 0 aliphatic rings. The number of hydrogen-bond donors (Lipinski definition) is 1. The van der Waals surface area contributed by atoms with E-state index in [1.807, 2.05) is 12.3 Å². The Morgan fingerprint density at radius 1 is 1.56 bits per heavy atom. The predicted molar refractivity (Wildman–Crippen MR) is 74.5 cm³/mol. The lowest BCUT2D eigenvalue weighted by Gasteiger charge is -2.10. The van der Waals surface area contributed by atoms with Gasteiger partial charge in [-0.05, 0) is 36.2 Å². The van der Waals surface area contributed by atoms with E-state index in [-0.39, 0.29) is 12.0 Å². The zero-order valence-electron chi connectivity index (χ0n) is 10.4. The number of thiazole rings is 1. The molecule has 0 spiro atoms.